The summed E-state index contributed by atoms with van der Waals surface area (Å²) < 4.78 is 2.60. The zero-order chi connectivity index (χ0) is 25.5. The molecule has 3 heteroatoms. The average Bonchev–Trinajstić information content (AvgIpc) is 3.65. The van der Waals surface area contributed by atoms with E-state index in [9.17, 15) is 0 Å². The molecule has 0 amide bonds. The van der Waals surface area contributed by atoms with Crippen LogP contribution in [-0.4, -0.2) is 11.0 Å². The Morgan fingerprint density at radius 3 is 2.21 bits per heavy atom. The molecule has 9 rings (SSSR count). The first-order chi connectivity index (χ1) is 19.4. The third kappa shape index (κ3) is 2.94. The van der Waals surface area contributed by atoms with Crippen molar-refractivity contribution in [3.63, 3.8) is 0 Å². The molecule has 0 radical (unpaired) electrons. The molecule has 3 heterocycles. The zero-order valence-electron chi connectivity index (χ0n) is 21.2. The number of benzene rings is 4. The second kappa shape index (κ2) is 8.02. The number of fused-ring (bicyclic) bond motifs is 9. The molecule has 0 saturated heterocycles. The van der Waals surface area contributed by atoms with Crippen LogP contribution in [0.5, 0.6) is 0 Å². The van der Waals surface area contributed by atoms with Crippen molar-refractivity contribution in [2.75, 3.05) is 4.90 Å². The first-order valence-corrected chi connectivity index (χ1v) is 14.4. The summed E-state index contributed by atoms with van der Waals surface area (Å²) in [5.74, 6) is 0.540. The van der Waals surface area contributed by atoms with Gasteiger partial charge < -0.3 is 4.90 Å². The van der Waals surface area contributed by atoms with Crippen LogP contribution < -0.4 is 4.90 Å². The zero-order valence-corrected chi connectivity index (χ0v) is 22.0. The lowest BCUT2D eigenvalue weighted by Gasteiger charge is -2.28. The molecule has 4 aromatic carbocycles. The second-order valence-corrected chi connectivity index (χ2v) is 11.7. The van der Waals surface area contributed by atoms with Gasteiger partial charge >= 0.3 is 0 Å². The van der Waals surface area contributed by atoms with E-state index in [0.717, 1.165) is 0 Å². The van der Waals surface area contributed by atoms with Gasteiger partial charge in [-0.3, -0.25) is 4.98 Å². The highest BCUT2D eigenvalue weighted by Crippen LogP contribution is 2.52. The van der Waals surface area contributed by atoms with Gasteiger partial charge in [-0.1, -0.05) is 91.0 Å². The van der Waals surface area contributed by atoms with Gasteiger partial charge in [-0.2, -0.15) is 0 Å². The van der Waals surface area contributed by atoms with Gasteiger partial charge in [0.2, 0.25) is 0 Å². The van der Waals surface area contributed by atoms with E-state index in [2.05, 4.69) is 126 Å². The highest BCUT2D eigenvalue weighted by Gasteiger charge is 2.37. The number of anilines is 2. The number of pyridine rings is 1. The van der Waals surface area contributed by atoms with Gasteiger partial charge in [-0.25, -0.2) is 0 Å². The number of hydrogen-bond acceptors (Lipinski definition) is 3. The summed E-state index contributed by atoms with van der Waals surface area (Å²) in [4.78, 5) is 7.57. The van der Waals surface area contributed by atoms with Gasteiger partial charge in [0.1, 0.15) is 0 Å². The number of thiophene rings is 1. The van der Waals surface area contributed by atoms with Crippen LogP contribution in [0.4, 0.5) is 11.4 Å². The van der Waals surface area contributed by atoms with Crippen molar-refractivity contribution in [1.29, 1.82) is 0 Å². The fourth-order valence-corrected chi connectivity index (χ4v) is 8.31. The monoisotopic (exact) mass is 516 g/mol. The minimum Gasteiger partial charge on any atom is -0.333 e. The quantitative estimate of drug-likeness (QED) is 0.228. The molecule has 184 valence electrons. The number of allylic oxidation sites excluding steroid dienone is 2. The first kappa shape index (κ1) is 21.5. The molecule has 2 aromatic heterocycles. The van der Waals surface area contributed by atoms with Crippen molar-refractivity contribution in [3.05, 3.63) is 150 Å². The maximum absolute atomic E-state index is 5.05. The molecule has 2 nitrogen and oxygen atoms in total. The van der Waals surface area contributed by atoms with Crippen molar-refractivity contribution in [1.82, 2.24) is 4.98 Å². The summed E-state index contributed by atoms with van der Waals surface area (Å²) in [6.07, 6.45) is 11.1. The highest BCUT2D eigenvalue weighted by molar-refractivity contribution is 7.26. The van der Waals surface area contributed by atoms with Crippen molar-refractivity contribution in [2.24, 2.45) is 0 Å². The largest absolute Gasteiger partial charge is 0.333 e. The van der Waals surface area contributed by atoms with Crippen molar-refractivity contribution >= 4 is 42.9 Å². The number of aromatic nitrogens is 1. The third-order valence-corrected chi connectivity index (χ3v) is 9.95. The van der Waals surface area contributed by atoms with Gasteiger partial charge in [0.15, 0.2) is 0 Å². The Hall–Kier alpha value is -4.47. The molecular formula is C36H24N2S. The molecule has 0 N–H and O–H groups in total. The van der Waals surface area contributed by atoms with Crippen molar-refractivity contribution in [3.8, 4) is 11.1 Å². The van der Waals surface area contributed by atoms with E-state index in [4.69, 9.17) is 4.98 Å². The lowest BCUT2D eigenvalue weighted by molar-refractivity contribution is 0.745. The van der Waals surface area contributed by atoms with Crippen LogP contribution in [0.3, 0.4) is 0 Å². The topological polar surface area (TPSA) is 16.1 Å². The van der Waals surface area contributed by atoms with Crippen LogP contribution >= 0.6 is 11.3 Å². The highest BCUT2D eigenvalue weighted by atomic mass is 32.1. The summed E-state index contributed by atoms with van der Waals surface area (Å²) in [5.41, 5.74) is 10.5. The van der Waals surface area contributed by atoms with Gasteiger partial charge in [0.05, 0.1) is 22.4 Å². The molecule has 0 bridgehead atoms. The Balaban J connectivity index is 1.24. The Bertz CT molecular complexity index is 1970. The van der Waals surface area contributed by atoms with E-state index in [1.54, 1.807) is 0 Å². The van der Waals surface area contributed by atoms with E-state index in [-0.39, 0.29) is 5.92 Å². The summed E-state index contributed by atoms with van der Waals surface area (Å²) >= 11 is 1.88. The Morgan fingerprint density at radius 2 is 1.38 bits per heavy atom. The van der Waals surface area contributed by atoms with Crippen molar-refractivity contribution in [2.45, 2.75) is 17.9 Å². The fourth-order valence-electron chi connectivity index (χ4n) is 7.11. The summed E-state index contributed by atoms with van der Waals surface area (Å²) in [5, 5.41) is 2.61. The fraction of sp³-hybridized carbons (Fsp3) is 0.0833. The Labute approximate surface area is 231 Å². The van der Waals surface area contributed by atoms with Crippen LogP contribution in [0, 0.1) is 0 Å². The van der Waals surface area contributed by atoms with Crippen LogP contribution in [0.1, 0.15) is 34.2 Å². The number of nitrogens with zero attached hydrogens (tertiary/aromatic N) is 2. The molecule has 2 atom stereocenters. The summed E-state index contributed by atoms with van der Waals surface area (Å²) in [6.45, 7) is 0. The predicted octanol–water partition coefficient (Wildman–Crippen LogP) is 9.34. The van der Waals surface area contributed by atoms with Crippen LogP contribution in [0.25, 0.3) is 31.3 Å². The molecule has 2 unspecified atom stereocenters. The molecule has 2 aliphatic carbocycles. The van der Waals surface area contributed by atoms with E-state index in [1.165, 1.54) is 65.1 Å². The average molecular weight is 517 g/mol. The maximum atomic E-state index is 5.05. The first-order valence-electron chi connectivity index (χ1n) is 13.6. The minimum atomic E-state index is 0.152. The molecule has 39 heavy (non-hydrogen) atoms. The van der Waals surface area contributed by atoms with Gasteiger partial charge in [0, 0.05) is 39.0 Å². The molecule has 0 spiro atoms. The van der Waals surface area contributed by atoms with E-state index < -0.39 is 0 Å². The SMILES string of the molecule is C1=CC2c3ccccc3N(c3ccc4sc5c(C6c7ccccc7-c7ccccc76)nccc5c4c3)C2C=C1. The molecule has 6 aromatic rings. The Kier molecular flexibility index (Phi) is 4.41. The lowest BCUT2D eigenvalue weighted by Crippen LogP contribution is -2.28. The van der Waals surface area contributed by atoms with Gasteiger partial charge in [0.25, 0.3) is 0 Å². The van der Waals surface area contributed by atoms with Gasteiger partial charge in [-0.15, -0.1) is 11.3 Å². The second-order valence-electron chi connectivity index (χ2n) is 10.7. The maximum Gasteiger partial charge on any atom is 0.0701 e. The summed E-state index contributed by atoms with van der Waals surface area (Å²) in [6, 6.07) is 36.1. The van der Waals surface area contributed by atoms with E-state index in [1.807, 2.05) is 17.5 Å². The molecule has 0 fully saturated rings. The van der Waals surface area contributed by atoms with Crippen LogP contribution in [-0.2, 0) is 0 Å². The molecule has 3 aliphatic rings. The van der Waals surface area contributed by atoms with E-state index >= 15 is 0 Å². The van der Waals surface area contributed by atoms with Crippen LogP contribution in [0.2, 0.25) is 0 Å². The number of rotatable bonds is 2. The molecule has 0 saturated carbocycles. The van der Waals surface area contributed by atoms with E-state index in [0.29, 0.717) is 12.0 Å². The smallest absolute Gasteiger partial charge is 0.0701 e. The summed E-state index contributed by atoms with van der Waals surface area (Å²) in [7, 11) is 0. The molecule has 1 aliphatic heterocycles. The predicted molar refractivity (Wildman–Crippen MR) is 163 cm³/mol. The standard InChI is InChI=1S/C36H24N2S/c1-3-13-27-23(9-1)24-10-2-4-14-28(24)34(27)35-36-29(19-20-37-35)30-21-22(17-18-33(30)39-36)38-31-15-7-5-11-25(31)26-12-6-8-16-32(26)38/h1-21,25,31,34H. The van der Waals surface area contributed by atoms with Crippen molar-refractivity contribution < 1.29 is 0 Å². The Morgan fingerprint density at radius 1 is 0.667 bits per heavy atom. The third-order valence-electron chi connectivity index (χ3n) is 8.74. The normalized spacial score (nSPS) is 18.9. The van der Waals surface area contributed by atoms with Gasteiger partial charge in [-0.05, 0) is 58.1 Å². The van der Waals surface area contributed by atoms with Crippen LogP contribution in [0.15, 0.2) is 128 Å². The molecular weight excluding hydrogens is 492 g/mol. The minimum absolute atomic E-state index is 0.152. The number of hydrogen-bond donors (Lipinski definition) is 0. The number of para-hydroxylation sites is 1. The lowest BCUT2D eigenvalue weighted by atomic mass is 9.91.